The number of rotatable bonds is 2. The molecular weight excluding hydrogens is 222 g/mol. The summed E-state index contributed by atoms with van der Waals surface area (Å²) >= 11 is 0. The molecule has 1 N–H and O–H groups in total. The minimum absolute atomic E-state index is 0.509. The summed E-state index contributed by atoms with van der Waals surface area (Å²) in [5, 5.41) is 3.57. The van der Waals surface area contributed by atoms with Gasteiger partial charge in [0, 0.05) is 31.0 Å². The van der Waals surface area contributed by atoms with Crippen molar-refractivity contribution < 1.29 is 0 Å². The maximum Gasteiger partial charge on any atom is 0.108 e. The van der Waals surface area contributed by atoms with Gasteiger partial charge in [-0.1, -0.05) is 25.1 Å². The lowest BCUT2D eigenvalue weighted by molar-refractivity contribution is 0.478. The molecule has 1 aromatic carbocycles. The van der Waals surface area contributed by atoms with Crippen LogP contribution >= 0.6 is 0 Å². The lowest BCUT2D eigenvalue weighted by Crippen LogP contribution is -2.19. The van der Waals surface area contributed by atoms with Crippen LogP contribution in [0.1, 0.15) is 30.8 Å². The highest BCUT2D eigenvalue weighted by Crippen LogP contribution is 2.26. The number of fused-ring (bicyclic) bond motifs is 1. The second-order valence-electron chi connectivity index (χ2n) is 4.83. The number of aryl methyl sites for hydroxylation is 2. The van der Waals surface area contributed by atoms with Gasteiger partial charge in [0.2, 0.25) is 0 Å². The zero-order valence-electron chi connectivity index (χ0n) is 10.8. The minimum Gasteiger partial charge on any atom is -0.383 e. The summed E-state index contributed by atoms with van der Waals surface area (Å²) < 4.78 is 2.33. The largest absolute Gasteiger partial charge is 0.383 e. The molecule has 2 aromatic rings. The van der Waals surface area contributed by atoms with Crippen molar-refractivity contribution in [2.45, 2.75) is 32.2 Å². The SMILES string of the molecule is CCc1nccn1C1CCc2ccccc2NC1. The van der Waals surface area contributed by atoms with Crippen LogP contribution < -0.4 is 5.32 Å². The number of anilines is 1. The van der Waals surface area contributed by atoms with Gasteiger partial charge >= 0.3 is 0 Å². The molecule has 94 valence electrons. The Morgan fingerprint density at radius 2 is 2.28 bits per heavy atom. The highest BCUT2D eigenvalue weighted by molar-refractivity contribution is 5.52. The number of benzene rings is 1. The number of nitrogens with one attached hydrogen (secondary N) is 1. The normalized spacial score (nSPS) is 18.8. The van der Waals surface area contributed by atoms with Gasteiger partial charge in [0.15, 0.2) is 0 Å². The van der Waals surface area contributed by atoms with Crippen LogP contribution in [0.2, 0.25) is 0 Å². The summed E-state index contributed by atoms with van der Waals surface area (Å²) in [6.07, 6.45) is 7.33. The van der Waals surface area contributed by atoms with E-state index < -0.39 is 0 Å². The summed E-state index contributed by atoms with van der Waals surface area (Å²) in [7, 11) is 0. The molecule has 1 aliphatic heterocycles. The van der Waals surface area contributed by atoms with Crippen LogP contribution in [0, 0.1) is 0 Å². The van der Waals surface area contributed by atoms with Gasteiger partial charge in [-0.25, -0.2) is 4.98 Å². The fourth-order valence-corrected chi connectivity index (χ4v) is 2.75. The van der Waals surface area contributed by atoms with Gasteiger partial charge in [-0.15, -0.1) is 0 Å². The molecule has 3 rings (SSSR count). The molecule has 0 bridgehead atoms. The number of hydrogen-bond acceptors (Lipinski definition) is 2. The predicted octanol–water partition coefficient (Wildman–Crippen LogP) is 3.04. The van der Waals surface area contributed by atoms with Crippen molar-refractivity contribution >= 4 is 5.69 Å². The Balaban J connectivity index is 1.83. The Morgan fingerprint density at radius 1 is 1.39 bits per heavy atom. The van der Waals surface area contributed by atoms with E-state index >= 15 is 0 Å². The van der Waals surface area contributed by atoms with Gasteiger partial charge in [0.1, 0.15) is 5.82 Å². The quantitative estimate of drug-likeness (QED) is 0.875. The number of nitrogens with zero attached hydrogens (tertiary/aromatic N) is 2. The fourth-order valence-electron chi connectivity index (χ4n) is 2.75. The minimum atomic E-state index is 0.509. The van der Waals surface area contributed by atoms with Crippen LogP contribution in [0.4, 0.5) is 5.69 Å². The molecule has 0 saturated heterocycles. The van der Waals surface area contributed by atoms with Crippen LogP contribution in [0.3, 0.4) is 0 Å². The number of hydrogen-bond donors (Lipinski definition) is 1. The molecule has 18 heavy (non-hydrogen) atoms. The van der Waals surface area contributed by atoms with Crippen LogP contribution in [-0.4, -0.2) is 16.1 Å². The first-order chi connectivity index (χ1) is 8.88. The second kappa shape index (κ2) is 4.84. The van der Waals surface area contributed by atoms with Gasteiger partial charge < -0.3 is 9.88 Å². The molecule has 0 saturated carbocycles. The molecule has 1 atom stereocenters. The molecule has 2 heterocycles. The Hall–Kier alpha value is -1.77. The van der Waals surface area contributed by atoms with Crippen LogP contribution in [0.5, 0.6) is 0 Å². The highest BCUT2D eigenvalue weighted by Gasteiger charge is 2.18. The molecule has 0 spiro atoms. The average molecular weight is 241 g/mol. The molecule has 0 radical (unpaired) electrons. The monoisotopic (exact) mass is 241 g/mol. The maximum atomic E-state index is 4.42. The topological polar surface area (TPSA) is 29.9 Å². The number of para-hydroxylation sites is 1. The zero-order valence-corrected chi connectivity index (χ0v) is 10.8. The van der Waals surface area contributed by atoms with E-state index in [0.29, 0.717) is 6.04 Å². The van der Waals surface area contributed by atoms with Crippen molar-refractivity contribution in [1.29, 1.82) is 0 Å². The zero-order chi connectivity index (χ0) is 12.4. The first kappa shape index (κ1) is 11.3. The van der Waals surface area contributed by atoms with Gasteiger partial charge in [0.05, 0.1) is 6.04 Å². The summed E-state index contributed by atoms with van der Waals surface area (Å²) in [6, 6.07) is 9.12. The molecule has 3 nitrogen and oxygen atoms in total. The van der Waals surface area contributed by atoms with E-state index in [-0.39, 0.29) is 0 Å². The molecule has 0 fully saturated rings. The van der Waals surface area contributed by atoms with Gasteiger partial charge in [-0.05, 0) is 24.5 Å². The summed E-state index contributed by atoms with van der Waals surface area (Å²) in [6.45, 7) is 3.15. The van der Waals surface area contributed by atoms with Crippen LogP contribution in [-0.2, 0) is 12.8 Å². The highest BCUT2D eigenvalue weighted by atomic mass is 15.1. The maximum absolute atomic E-state index is 4.42. The van der Waals surface area contributed by atoms with Crippen LogP contribution in [0.25, 0.3) is 0 Å². The molecular formula is C15H19N3. The van der Waals surface area contributed by atoms with E-state index in [4.69, 9.17) is 0 Å². The number of imidazole rings is 1. The fraction of sp³-hybridized carbons (Fsp3) is 0.400. The smallest absolute Gasteiger partial charge is 0.108 e. The van der Waals surface area contributed by atoms with Crippen LogP contribution in [0.15, 0.2) is 36.7 Å². The van der Waals surface area contributed by atoms with E-state index in [0.717, 1.165) is 19.4 Å². The molecule has 0 aliphatic carbocycles. The summed E-state index contributed by atoms with van der Waals surface area (Å²) in [4.78, 5) is 4.42. The molecule has 1 aromatic heterocycles. The molecule has 0 amide bonds. The van der Waals surface area contributed by atoms with Crippen molar-refractivity contribution in [3.8, 4) is 0 Å². The third-order valence-corrected chi connectivity index (χ3v) is 3.75. The Labute approximate surface area is 108 Å². The van der Waals surface area contributed by atoms with E-state index in [1.807, 2.05) is 6.20 Å². The first-order valence-electron chi connectivity index (χ1n) is 6.72. The van der Waals surface area contributed by atoms with Crippen molar-refractivity contribution in [3.63, 3.8) is 0 Å². The van der Waals surface area contributed by atoms with E-state index in [2.05, 4.69) is 52.3 Å². The summed E-state index contributed by atoms with van der Waals surface area (Å²) in [5.41, 5.74) is 2.72. The van der Waals surface area contributed by atoms with Gasteiger partial charge in [0.25, 0.3) is 0 Å². The standard InChI is InChI=1S/C15H19N3/c1-2-15-16-9-10-18(15)13-8-7-12-5-3-4-6-14(12)17-11-13/h3-6,9-10,13,17H,2,7-8,11H2,1H3. The van der Waals surface area contributed by atoms with E-state index in [1.54, 1.807) is 0 Å². The van der Waals surface area contributed by atoms with Crippen molar-refractivity contribution in [3.05, 3.63) is 48.0 Å². The summed E-state index contributed by atoms with van der Waals surface area (Å²) in [5.74, 6) is 1.19. The Morgan fingerprint density at radius 3 is 3.17 bits per heavy atom. The van der Waals surface area contributed by atoms with Crippen molar-refractivity contribution in [2.75, 3.05) is 11.9 Å². The van der Waals surface area contributed by atoms with Gasteiger partial charge in [-0.2, -0.15) is 0 Å². The molecule has 3 heteroatoms. The Kier molecular flexibility index (Phi) is 3.05. The van der Waals surface area contributed by atoms with Crippen molar-refractivity contribution in [1.82, 2.24) is 9.55 Å². The van der Waals surface area contributed by atoms with Crippen molar-refractivity contribution in [2.24, 2.45) is 0 Å². The average Bonchev–Trinajstić information content (AvgIpc) is 2.78. The lowest BCUT2D eigenvalue weighted by atomic mass is 10.1. The second-order valence-corrected chi connectivity index (χ2v) is 4.83. The molecule has 1 aliphatic rings. The van der Waals surface area contributed by atoms with Gasteiger partial charge in [-0.3, -0.25) is 0 Å². The molecule has 1 unspecified atom stereocenters. The van der Waals surface area contributed by atoms with E-state index in [9.17, 15) is 0 Å². The van der Waals surface area contributed by atoms with E-state index in [1.165, 1.54) is 23.5 Å². The third kappa shape index (κ3) is 2.01. The predicted molar refractivity (Wildman–Crippen MR) is 73.9 cm³/mol. The Bertz CT molecular complexity index is 503. The lowest BCUT2D eigenvalue weighted by Gasteiger charge is -2.18. The third-order valence-electron chi connectivity index (χ3n) is 3.75. The first-order valence-corrected chi connectivity index (χ1v) is 6.72. The number of aromatic nitrogens is 2.